The molecule has 0 amide bonds. The van der Waals surface area contributed by atoms with E-state index < -0.39 is 11.4 Å². The van der Waals surface area contributed by atoms with E-state index in [2.05, 4.69) is 25.0 Å². The number of nitrogens with one attached hydrogen (secondary N) is 1. The van der Waals surface area contributed by atoms with Gasteiger partial charge in [-0.2, -0.15) is 5.10 Å². The van der Waals surface area contributed by atoms with Crippen LogP contribution in [0.15, 0.2) is 61.2 Å². The Balaban J connectivity index is 1.67. The molecule has 0 saturated carbocycles. The van der Waals surface area contributed by atoms with Crippen molar-refractivity contribution in [1.82, 2.24) is 29.7 Å². The molecule has 172 valence electrons. The van der Waals surface area contributed by atoms with E-state index in [1.165, 1.54) is 12.1 Å². The molecule has 0 bridgehead atoms. The highest BCUT2D eigenvalue weighted by atomic mass is 19.1. The first-order valence-electron chi connectivity index (χ1n) is 10.9. The van der Waals surface area contributed by atoms with Crippen LogP contribution in [-0.4, -0.2) is 34.8 Å². The fourth-order valence-corrected chi connectivity index (χ4v) is 4.25. The third kappa shape index (κ3) is 3.60. The Morgan fingerprint density at radius 3 is 2.65 bits per heavy atom. The van der Waals surface area contributed by atoms with E-state index in [1.807, 2.05) is 33.2 Å². The molecule has 0 saturated heterocycles. The number of aliphatic hydroxyl groups is 1. The van der Waals surface area contributed by atoms with Gasteiger partial charge in [0.1, 0.15) is 17.1 Å². The van der Waals surface area contributed by atoms with Crippen molar-refractivity contribution >= 4 is 17.0 Å². The number of pyridine rings is 1. The van der Waals surface area contributed by atoms with E-state index in [4.69, 9.17) is 5.73 Å². The normalized spacial score (nSPS) is 13.5. The molecular weight excluding hydrogens is 433 g/mol. The Bertz CT molecular complexity index is 1510. The summed E-state index contributed by atoms with van der Waals surface area (Å²) >= 11 is 0. The second-order valence-corrected chi connectivity index (χ2v) is 8.65. The zero-order valence-corrected chi connectivity index (χ0v) is 19.0. The van der Waals surface area contributed by atoms with Crippen molar-refractivity contribution in [3.63, 3.8) is 0 Å². The minimum atomic E-state index is -1.57. The first-order valence-corrected chi connectivity index (χ1v) is 10.9. The second kappa shape index (κ2) is 8.03. The number of nitrogens with two attached hydrogens (primary N) is 1. The van der Waals surface area contributed by atoms with E-state index in [0.717, 1.165) is 22.1 Å². The monoisotopic (exact) mass is 457 g/mol. The van der Waals surface area contributed by atoms with Crippen molar-refractivity contribution in [2.75, 3.05) is 5.73 Å². The van der Waals surface area contributed by atoms with Crippen LogP contribution >= 0.6 is 0 Å². The van der Waals surface area contributed by atoms with Gasteiger partial charge in [-0.15, -0.1) is 0 Å². The molecule has 8 nitrogen and oxygen atoms in total. The van der Waals surface area contributed by atoms with Crippen molar-refractivity contribution < 1.29 is 9.50 Å². The van der Waals surface area contributed by atoms with Crippen molar-refractivity contribution in [2.45, 2.75) is 19.4 Å². The van der Waals surface area contributed by atoms with Crippen LogP contribution < -0.4 is 5.73 Å². The number of hydrogen-bond donors (Lipinski definition) is 3. The van der Waals surface area contributed by atoms with Gasteiger partial charge in [0.05, 0.1) is 17.6 Å². The van der Waals surface area contributed by atoms with Gasteiger partial charge in [0.2, 0.25) is 5.95 Å². The smallest absolute Gasteiger partial charge is 0.220 e. The second-order valence-electron chi connectivity index (χ2n) is 8.65. The first-order chi connectivity index (χ1) is 16.3. The van der Waals surface area contributed by atoms with Crippen LogP contribution in [0.1, 0.15) is 25.1 Å². The summed E-state index contributed by atoms with van der Waals surface area (Å²) in [5.74, 6) is -0.753. The predicted molar refractivity (Wildman–Crippen MR) is 128 cm³/mol. The number of H-pyrrole nitrogens is 1. The van der Waals surface area contributed by atoms with E-state index in [0.29, 0.717) is 22.6 Å². The average Bonchev–Trinajstić information content (AvgIpc) is 3.43. The number of aromatic amines is 1. The third-order valence-corrected chi connectivity index (χ3v) is 6.08. The van der Waals surface area contributed by atoms with Crippen molar-refractivity contribution in [1.29, 1.82) is 0 Å². The molecule has 5 aromatic rings. The minimum absolute atomic E-state index is 0.00806. The number of anilines is 1. The summed E-state index contributed by atoms with van der Waals surface area (Å²) in [6.45, 7) is 3.69. The lowest BCUT2D eigenvalue weighted by Crippen LogP contribution is -2.35. The van der Waals surface area contributed by atoms with Crippen LogP contribution in [0.25, 0.3) is 33.4 Å². The summed E-state index contributed by atoms with van der Waals surface area (Å²) in [4.78, 5) is 16.5. The lowest BCUT2D eigenvalue weighted by Gasteiger charge is -2.32. The molecule has 0 radical (unpaired) electrons. The molecule has 0 aliphatic heterocycles. The van der Waals surface area contributed by atoms with Crippen LogP contribution in [-0.2, 0) is 12.6 Å². The Labute approximate surface area is 195 Å². The molecule has 1 atom stereocenters. The zero-order valence-electron chi connectivity index (χ0n) is 19.0. The molecule has 0 fully saturated rings. The topological polar surface area (TPSA) is 119 Å². The minimum Gasteiger partial charge on any atom is -0.378 e. The van der Waals surface area contributed by atoms with Crippen molar-refractivity contribution in [3.8, 4) is 22.4 Å². The van der Waals surface area contributed by atoms with Crippen molar-refractivity contribution in [3.05, 3.63) is 78.3 Å². The molecule has 4 N–H and O–H groups in total. The number of nitrogen functional groups attached to an aromatic ring is 1. The summed E-state index contributed by atoms with van der Waals surface area (Å²) in [6.07, 6.45) is 7.27. The van der Waals surface area contributed by atoms with Crippen LogP contribution in [0.5, 0.6) is 0 Å². The lowest BCUT2D eigenvalue weighted by molar-refractivity contribution is 0.0273. The van der Waals surface area contributed by atoms with E-state index >= 15 is 0 Å². The summed E-state index contributed by atoms with van der Waals surface area (Å²) < 4.78 is 15.8. The maximum absolute atomic E-state index is 14.0. The van der Waals surface area contributed by atoms with Crippen molar-refractivity contribution in [2.24, 2.45) is 13.0 Å². The van der Waals surface area contributed by atoms with Gasteiger partial charge in [0.25, 0.3) is 0 Å². The van der Waals surface area contributed by atoms with Gasteiger partial charge in [0, 0.05) is 47.7 Å². The summed E-state index contributed by atoms with van der Waals surface area (Å²) in [5, 5.41) is 16.8. The summed E-state index contributed by atoms with van der Waals surface area (Å²) in [5.41, 5.74) is 9.02. The Morgan fingerprint density at radius 2 is 1.94 bits per heavy atom. The number of rotatable bonds is 5. The summed E-state index contributed by atoms with van der Waals surface area (Å²) in [6, 6.07) is 9.59. The molecule has 1 aromatic carbocycles. The fraction of sp³-hybridized carbons (Fsp3) is 0.200. The molecule has 1 unspecified atom stereocenters. The third-order valence-electron chi connectivity index (χ3n) is 6.08. The molecule has 4 heterocycles. The molecular formula is C25H24FN7O. The van der Waals surface area contributed by atoms with E-state index in [9.17, 15) is 9.50 Å². The molecule has 0 spiro atoms. The first kappa shape index (κ1) is 21.7. The standard InChI is InChI=1S/C25H24FN7O/c1-14(2)25(34,17-5-4-6-18(26)8-17)22-9-21(31-24(27)32-22)20-12-29-23-19(20)7-15(10-28-23)16-11-30-33(3)13-16/h4-14,34H,1-3H3,(H,28,29)(H2,27,31,32). The number of aromatic nitrogens is 6. The number of hydrogen-bond acceptors (Lipinski definition) is 6. The predicted octanol–water partition coefficient (Wildman–Crippen LogP) is 4.03. The number of aryl methyl sites for hydroxylation is 1. The maximum atomic E-state index is 14.0. The summed E-state index contributed by atoms with van der Waals surface area (Å²) in [7, 11) is 1.86. The quantitative estimate of drug-likeness (QED) is 0.367. The Hall–Kier alpha value is -4.11. The van der Waals surface area contributed by atoms with Crippen LogP contribution in [0.4, 0.5) is 10.3 Å². The van der Waals surface area contributed by atoms with Gasteiger partial charge < -0.3 is 15.8 Å². The van der Waals surface area contributed by atoms with E-state index in [1.54, 1.807) is 41.5 Å². The van der Waals surface area contributed by atoms with Gasteiger partial charge in [-0.1, -0.05) is 26.0 Å². The van der Waals surface area contributed by atoms with Gasteiger partial charge in [0.15, 0.2) is 0 Å². The molecule has 0 aliphatic rings. The van der Waals surface area contributed by atoms with Gasteiger partial charge >= 0.3 is 0 Å². The Morgan fingerprint density at radius 1 is 1.12 bits per heavy atom. The highest BCUT2D eigenvalue weighted by Crippen LogP contribution is 2.38. The maximum Gasteiger partial charge on any atom is 0.220 e. The number of benzene rings is 1. The van der Waals surface area contributed by atoms with Crippen LogP contribution in [0, 0.1) is 11.7 Å². The van der Waals surface area contributed by atoms with E-state index in [-0.39, 0.29) is 11.9 Å². The van der Waals surface area contributed by atoms with Gasteiger partial charge in [-0.25, -0.2) is 19.3 Å². The van der Waals surface area contributed by atoms with Gasteiger partial charge in [-0.3, -0.25) is 4.68 Å². The molecule has 0 aliphatic carbocycles. The number of halogens is 1. The van der Waals surface area contributed by atoms with Crippen LogP contribution in [0.3, 0.4) is 0 Å². The molecule has 9 heteroatoms. The highest BCUT2D eigenvalue weighted by Gasteiger charge is 2.38. The SMILES string of the molecule is CC(C)C(O)(c1cccc(F)c1)c1cc(-c2c[nH]c3ncc(-c4cnn(C)c4)cc23)nc(N)n1. The number of fused-ring (bicyclic) bond motifs is 1. The molecule has 34 heavy (non-hydrogen) atoms. The average molecular weight is 458 g/mol. The molecule has 4 aromatic heterocycles. The fourth-order valence-electron chi connectivity index (χ4n) is 4.25. The largest absolute Gasteiger partial charge is 0.378 e. The molecule has 5 rings (SSSR count). The highest BCUT2D eigenvalue weighted by molar-refractivity contribution is 5.95. The zero-order chi connectivity index (χ0) is 24.0. The number of nitrogens with zero attached hydrogens (tertiary/aromatic N) is 5. The lowest BCUT2D eigenvalue weighted by atomic mass is 9.80. The Kier molecular flexibility index (Phi) is 5.13. The van der Waals surface area contributed by atoms with Gasteiger partial charge in [-0.05, 0) is 35.7 Å². The van der Waals surface area contributed by atoms with Crippen LogP contribution in [0.2, 0.25) is 0 Å².